The van der Waals surface area contributed by atoms with Crippen LogP contribution in [0.2, 0.25) is 0 Å². The van der Waals surface area contributed by atoms with Gasteiger partial charge in [0.15, 0.2) is 0 Å². The number of hydrogen-bond acceptors (Lipinski definition) is 4. The Morgan fingerprint density at radius 3 is 2.75 bits per heavy atom. The summed E-state index contributed by atoms with van der Waals surface area (Å²) in [6.07, 6.45) is 2.71. The zero-order valence-corrected chi connectivity index (χ0v) is 10.6. The van der Waals surface area contributed by atoms with Crippen molar-refractivity contribution in [1.82, 2.24) is 4.90 Å². The molecule has 0 aromatic carbocycles. The highest BCUT2D eigenvalue weighted by Crippen LogP contribution is 2.34. The summed E-state index contributed by atoms with van der Waals surface area (Å²) in [7, 11) is 2.11. The van der Waals surface area contributed by atoms with E-state index in [9.17, 15) is 4.79 Å². The molecule has 16 heavy (non-hydrogen) atoms. The van der Waals surface area contributed by atoms with Crippen LogP contribution in [0.1, 0.15) is 26.7 Å². The maximum atomic E-state index is 11.0. The summed E-state index contributed by atoms with van der Waals surface area (Å²) in [4.78, 5) is 13.3. The SMILES string of the molecule is CCOC(=O)COCCN(C)C(C)C1CC1. The molecular weight excluding hydrogens is 206 g/mol. The molecule has 1 aliphatic rings. The highest BCUT2D eigenvalue weighted by molar-refractivity contribution is 5.70. The minimum atomic E-state index is -0.277. The first-order valence-electron chi connectivity index (χ1n) is 6.08. The molecule has 0 aromatic rings. The van der Waals surface area contributed by atoms with Crippen molar-refractivity contribution in [2.24, 2.45) is 5.92 Å². The first-order valence-corrected chi connectivity index (χ1v) is 6.08. The molecule has 1 unspecified atom stereocenters. The van der Waals surface area contributed by atoms with Crippen molar-refractivity contribution >= 4 is 5.97 Å². The minimum Gasteiger partial charge on any atom is -0.464 e. The number of hydrogen-bond donors (Lipinski definition) is 0. The minimum absolute atomic E-state index is 0.0689. The Bertz CT molecular complexity index is 216. The van der Waals surface area contributed by atoms with Crippen LogP contribution in [0.3, 0.4) is 0 Å². The number of ether oxygens (including phenoxy) is 2. The van der Waals surface area contributed by atoms with Crippen molar-refractivity contribution in [2.75, 3.05) is 33.4 Å². The zero-order valence-electron chi connectivity index (χ0n) is 10.6. The van der Waals surface area contributed by atoms with Crippen LogP contribution in [0, 0.1) is 5.92 Å². The Balaban J connectivity index is 1.99. The topological polar surface area (TPSA) is 38.8 Å². The van der Waals surface area contributed by atoms with E-state index in [1.165, 1.54) is 12.8 Å². The van der Waals surface area contributed by atoms with Gasteiger partial charge < -0.3 is 14.4 Å². The number of esters is 1. The molecule has 4 heteroatoms. The first-order chi connectivity index (χ1) is 7.65. The lowest BCUT2D eigenvalue weighted by Gasteiger charge is -2.24. The Hall–Kier alpha value is -0.610. The molecule has 1 atom stereocenters. The zero-order chi connectivity index (χ0) is 12.0. The van der Waals surface area contributed by atoms with Crippen molar-refractivity contribution in [2.45, 2.75) is 32.7 Å². The van der Waals surface area contributed by atoms with E-state index in [1.807, 2.05) is 0 Å². The normalized spacial score (nSPS) is 17.5. The monoisotopic (exact) mass is 229 g/mol. The molecule has 0 heterocycles. The van der Waals surface area contributed by atoms with E-state index in [4.69, 9.17) is 9.47 Å². The first kappa shape index (κ1) is 13.5. The summed E-state index contributed by atoms with van der Waals surface area (Å²) in [5.41, 5.74) is 0. The number of carbonyl (C=O) groups is 1. The van der Waals surface area contributed by atoms with Crippen LogP contribution in [0.25, 0.3) is 0 Å². The van der Waals surface area contributed by atoms with Crippen LogP contribution in [0.4, 0.5) is 0 Å². The third kappa shape index (κ3) is 4.94. The molecule has 0 bridgehead atoms. The summed E-state index contributed by atoms with van der Waals surface area (Å²) < 4.78 is 10.0. The molecule has 0 aliphatic heterocycles. The van der Waals surface area contributed by atoms with E-state index < -0.39 is 0 Å². The molecule has 1 fully saturated rings. The van der Waals surface area contributed by atoms with Crippen LogP contribution in [-0.2, 0) is 14.3 Å². The molecule has 1 rings (SSSR count). The van der Waals surface area contributed by atoms with Crippen LogP contribution in [0.15, 0.2) is 0 Å². The largest absolute Gasteiger partial charge is 0.464 e. The van der Waals surface area contributed by atoms with Gasteiger partial charge in [0.2, 0.25) is 0 Å². The van der Waals surface area contributed by atoms with Gasteiger partial charge in [-0.1, -0.05) is 0 Å². The van der Waals surface area contributed by atoms with Gasteiger partial charge in [-0.3, -0.25) is 0 Å². The van der Waals surface area contributed by atoms with E-state index >= 15 is 0 Å². The summed E-state index contributed by atoms with van der Waals surface area (Å²) >= 11 is 0. The van der Waals surface area contributed by atoms with Crippen LogP contribution >= 0.6 is 0 Å². The Kier molecular flexibility index (Phi) is 5.77. The molecule has 1 saturated carbocycles. The standard InChI is InChI=1S/C12H23NO3/c1-4-16-12(14)9-15-8-7-13(3)10(2)11-5-6-11/h10-11H,4-9H2,1-3H3. The van der Waals surface area contributed by atoms with E-state index in [0.717, 1.165) is 12.5 Å². The molecule has 94 valence electrons. The lowest BCUT2D eigenvalue weighted by Crippen LogP contribution is -2.34. The number of likely N-dealkylation sites (N-methyl/N-ethyl adjacent to an activating group) is 1. The fourth-order valence-electron chi connectivity index (χ4n) is 1.71. The van der Waals surface area contributed by atoms with Gasteiger partial charge in [-0.15, -0.1) is 0 Å². The van der Waals surface area contributed by atoms with Crippen molar-refractivity contribution in [3.05, 3.63) is 0 Å². The average molecular weight is 229 g/mol. The molecule has 0 N–H and O–H groups in total. The summed E-state index contributed by atoms with van der Waals surface area (Å²) in [6, 6.07) is 0.631. The Morgan fingerprint density at radius 2 is 2.19 bits per heavy atom. The van der Waals surface area contributed by atoms with E-state index in [-0.39, 0.29) is 12.6 Å². The molecule has 1 aliphatic carbocycles. The van der Waals surface area contributed by atoms with Crippen molar-refractivity contribution in [1.29, 1.82) is 0 Å². The number of nitrogens with zero attached hydrogens (tertiary/aromatic N) is 1. The predicted molar refractivity (Wildman–Crippen MR) is 62.3 cm³/mol. The predicted octanol–water partition coefficient (Wildman–Crippen LogP) is 1.30. The smallest absolute Gasteiger partial charge is 0.332 e. The highest BCUT2D eigenvalue weighted by atomic mass is 16.6. The molecule has 0 radical (unpaired) electrons. The fraction of sp³-hybridized carbons (Fsp3) is 0.917. The van der Waals surface area contributed by atoms with Crippen molar-refractivity contribution in [3.63, 3.8) is 0 Å². The lowest BCUT2D eigenvalue weighted by molar-refractivity contribution is -0.148. The van der Waals surface area contributed by atoms with Gasteiger partial charge >= 0.3 is 5.97 Å². The summed E-state index contributed by atoms with van der Waals surface area (Å²) in [5, 5.41) is 0. The molecule has 0 aromatic heterocycles. The third-order valence-electron chi connectivity index (χ3n) is 3.11. The summed E-state index contributed by atoms with van der Waals surface area (Å²) in [6.45, 7) is 6.00. The second kappa shape index (κ2) is 6.86. The Morgan fingerprint density at radius 1 is 1.50 bits per heavy atom. The van der Waals surface area contributed by atoms with Gasteiger partial charge in [-0.2, -0.15) is 0 Å². The highest BCUT2D eigenvalue weighted by Gasteiger charge is 2.30. The number of rotatable bonds is 8. The fourth-order valence-corrected chi connectivity index (χ4v) is 1.71. The lowest BCUT2D eigenvalue weighted by atomic mass is 10.2. The van der Waals surface area contributed by atoms with Gasteiger partial charge in [0.1, 0.15) is 6.61 Å². The molecule has 0 saturated heterocycles. The van der Waals surface area contributed by atoms with Gasteiger partial charge in [0, 0.05) is 12.6 Å². The van der Waals surface area contributed by atoms with Gasteiger partial charge in [-0.05, 0) is 39.7 Å². The van der Waals surface area contributed by atoms with Gasteiger partial charge in [0.25, 0.3) is 0 Å². The molecule has 0 spiro atoms. The van der Waals surface area contributed by atoms with E-state index in [2.05, 4.69) is 18.9 Å². The molecular formula is C12H23NO3. The third-order valence-corrected chi connectivity index (χ3v) is 3.11. The van der Waals surface area contributed by atoms with Crippen molar-refractivity contribution in [3.8, 4) is 0 Å². The van der Waals surface area contributed by atoms with Crippen LogP contribution in [0.5, 0.6) is 0 Å². The van der Waals surface area contributed by atoms with Crippen LogP contribution < -0.4 is 0 Å². The van der Waals surface area contributed by atoms with Crippen molar-refractivity contribution < 1.29 is 14.3 Å². The van der Waals surface area contributed by atoms with Crippen LogP contribution in [-0.4, -0.2) is 50.3 Å². The second-order valence-electron chi connectivity index (χ2n) is 4.42. The Labute approximate surface area is 97.9 Å². The summed E-state index contributed by atoms with van der Waals surface area (Å²) in [5.74, 6) is 0.593. The average Bonchev–Trinajstić information content (AvgIpc) is 3.07. The molecule has 4 nitrogen and oxygen atoms in total. The van der Waals surface area contributed by atoms with E-state index in [1.54, 1.807) is 6.92 Å². The second-order valence-corrected chi connectivity index (χ2v) is 4.42. The van der Waals surface area contributed by atoms with E-state index in [0.29, 0.717) is 19.3 Å². The maximum Gasteiger partial charge on any atom is 0.332 e. The van der Waals surface area contributed by atoms with Gasteiger partial charge in [-0.25, -0.2) is 4.79 Å². The number of carbonyl (C=O) groups excluding carboxylic acids is 1. The van der Waals surface area contributed by atoms with Gasteiger partial charge in [0.05, 0.1) is 13.2 Å². The molecule has 0 amide bonds. The maximum absolute atomic E-state index is 11.0. The quantitative estimate of drug-likeness (QED) is 0.464.